The van der Waals surface area contributed by atoms with Crippen molar-refractivity contribution in [1.29, 1.82) is 0 Å². The van der Waals surface area contributed by atoms with Gasteiger partial charge in [-0.1, -0.05) is 152 Å². The molecule has 0 radical (unpaired) electrons. The number of nitrogens with zero attached hydrogens (tertiary/aromatic N) is 2. The maximum atomic E-state index is 16.7. The van der Waals surface area contributed by atoms with Crippen LogP contribution in [0.2, 0.25) is 0 Å². The molecule has 2 atom stereocenters. The molecule has 1 spiro atoms. The summed E-state index contributed by atoms with van der Waals surface area (Å²) in [4.78, 5) is 4.77. The maximum Gasteiger partial charge on any atom is 0.171 e. The van der Waals surface area contributed by atoms with Crippen LogP contribution in [0, 0.1) is 0 Å². The molecular formula is C55H37N2OPS. The van der Waals surface area contributed by atoms with Crippen molar-refractivity contribution in [3.8, 4) is 0 Å². The minimum atomic E-state index is -3.40. The molecule has 2 aliphatic heterocycles. The van der Waals surface area contributed by atoms with Crippen LogP contribution in [-0.4, -0.2) is 0 Å². The molecule has 2 aliphatic rings. The highest BCUT2D eigenvalue weighted by atomic mass is 32.1. The summed E-state index contributed by atoms with van der Waals surface area (Å²) in [5.74, 6) is 0. The van der Waals surface area contributed by atoms with Crippen molar-refractivity contribution in [3.05, 3.63) is 247 Å². The molecule has 0 saturated heterocycles. The first-order valence-corrected chi connectivity index (χ1v) is 22.9. The van der Waals surface area contributed by atoms with Crippen molar-refractivity contribution in [2.24, 2.45) is 0 Å². The van der Waals surface area contributed by atoms with E-state index >= 15 is 4.57 Å². The number of thiophene rings is 1. The highest BCUT2D eigenvalue weighted by Crippen LogP contribution is 2.64. The Bertz CT molecular complexity index is 3270. The van der Waals surface area contributed by atoms with E-state index < -0.39 is 12.6 Å². The molecule has 10 aromatic rings. The lowest BCUT2D eigenvalue weighted by Crippen LogP contribution is -2.49. The Hall–Kier alpha value is -6.97. The minimum Gasteiger partial charge on any atom is -0.310 e. The Morgan fingerprint density at radius 3 is 1.73 bits per heavy atom. The smallest absolute Gasteiger partial charge is 0.171 e. The topological polar surface area (TPSA) is 23.6 Å². The molecule has 60 heavy (non-hydrogen) atoms. The van der Waals surface area contributed by atoms with Crippen molar-refractivity contribution in [3.63, 3.8) is 0 Å². The van der Waals surface area contributed by atoms with Crippen LogP contribution in [0.15, 0.2) is 224 Å². The fraction of sp³-hybridized carbons (Fsp3) is 0.0182. The molecule has 0 bridgehead atoms. The summed E-state index contributed by atoms with van der Waals surface area (Å²) in [7, 11) is -3.40. The van der Waals surface area contributed by atoms with Gasteiger partial charge in [-0.3, -0.25) is 0 Å². The Balaban J connectivity index is 1.25. The second-order valence-electron chi connectivity index (χ2n) is 15.6. The SMILES string of the molecule is O=P1(c2ccccc2)c2ccccc2C2(c3ccccc3N(c3ccccc3)c3cc(N(c4ccccc4)c4ccccc4)ccc32)c2cc3c(cc21)sc1ccccc13. The average molecular weight is 805 g/mol. The van der Waals surface area contributed by atoms with E-state index in [-0.39, 0.29) is 0 Å². The molecule has 0 amide bonds. The molecule has 0 saturated carbocycles. The molecule has 2 unspecified atom stereocenters. The number of rotatable bonds is 5. The third kappa shape index (κ3) is 4.93. The van der Waals surface area contributed by atoms with Gasteiger partial charge in [0.05, 0.1) is 16.8 Å². The normalized spacial score (nSPS) is 17.5. The van der Waals surface area contributed by atoms with E-state index in [1.165, 1.54) is 15.5 Å². The Kier molecular flexibility index (Phi) is 7.90. The number of hydrogen-bond donors (Lipinski definition) is 0. The standard InChI is InChI=1S/C55H37N2OPS/c58-59(42-25-11-4-12-26-42)51-31-17-15-29-47(51)55(48-36-44-43-27-13-18-32-53(43)60-54(44)37-52(48)59)45-28-14-16-30-49(45)57(40-23-9-3-10-24-40)50-35-41(33-34-46(50)55)56(38-19-5-1-6-20-38)39-21-7-2-8-22-39/h1-37H. The molecule has 5 heteroatoms. The summed E-state index contributed by atoms with van der Waals surface area (Å²) in [6, 6.07) is 79.9. The van der Waals surface area contributed by atoms with E-state index in [1.807, 2.05) is 18.2 Å². The fourth-order valence-electron chi connectivity index (χ4n) is 10.0. The lowest BCUT2D eigenvalue weighted by atomic mass is 9.62. The van der Waals surface area contributed by atoms with E-state index in [9.17, 15) is 0 Å². The number of benzene rings is 9. The number of para-hydroxylation sites is 4. The minimum absolute atomic E-state index is 0.827. The zero-order chi connectivity index (χ0) is 39.8. The molecule has 1 aromatic heterocycles. The summed E-state index contributed by atoms with van der Waals surface area (Å²) >= 11 is 1.78. The summed E-state index contributed by atoms with van der Waals surface area (Å²) in [5.41, 5.74) is 10.0. The monoisotopic (exact) mass is 804 g/mol. The molecule has 0 aliphatic carbocycles. The van der Waals surface area contributed by atoms with Gasteiger partial charge in [-0.25, -0.2) is 0 Å². The molecule has 3 heterocycles. The molecule has 12 rings (SSSR count). The predicted octanol–water partition coefficient (Wildman–Crippen LogP) is 13.6. The summed E-state index contributed by atoms with van der Waals surface area (Å²) in [6.07, 6.45) is 0. The van der Waals surface area contributed by atoms with Crippen molar-refractivity contribution in [1.82, 2.24) is 0 Å². The number of fused-ring (bicyclic) bond motifs is 11. The zero-order valence-corrected chi connectivity index (χ0v) is 34.2. The van der Waals surface area contributed by atoms with E-state index in [0.717, 1.165) is 77.0 Å². The second-order valence-corrected chi connectivity index (χ2v) is 19.4. The van der Waals surface area contributed by atoms with Gasteiger partial charge in [0.15, 0.2) is 7.14 Å². The van der Waals surface area contributed by atoms with Crippen LogP contribution in [0.25, 0.3) is 20.2 Å². The van der Waals surface area contributed by atoms with Crippen LogP contribution < -0.4 is 25.7 Å². The molecular weight excluding hydrogens is 768 g/mol. The van der Waals surface area contributed by atoms with E-state index in [1.54, 1.807) is 11.3 Å². The van der Waals surface area contributed by atoms with Crippen LogP contribution in [0.4, 0.5) is 34.1 Å². The second kappa shape index (κ2) is 13.5. The molecule has 0 N–H and O–H groups in total. The molecule has 3 nitrogen and oxygen atoms in total. The van der Waals surface area contributed by atoms with Crippen LogP contribution in [0.1, 0.15) is 22.3 Å². The van der Waals surface area contributed by atoms with Crippen LogP contribution >= 0.6 is 18.5 Å². The van der Waals surface area contributed by atoms with Gasteiger partial charge in [0, 0.05) is 58.8 Å². The van der Waals surface area contributed by atoms with Crippen molar-refractivity contribution >= 4 is 88.7 Å². The van der Waals surface area contributed by atoms with Crippen LogP contribution in [0.3, 0.4) is 0 Å². The zero-order valence-electron chi connectivity index (χ0n) is 32.5. The van der Waals surface area contributed by atoms with Gasteiger partial charge in [-0.15, -0.1) is 11.3 Å². The number of anilines is 6. The first-order valence-electron chi connectivity index (χ1n) is 20.4. The molecule has 0 fully saturated rings. The Morgan fingerprint density at radius 1 is 0.417 bits per heavy atom. The van der Waals surface area contributed by atoms with Crippen molar-refractivity contribution in [2.75, 3.05) is 9.80 Å². The third-order valence-corrected chi connectivity index (χ3v) is 16.8. The van der Waals surface area contributed by atoms with Gasteiger partial charge in [-0.05, 0) is 95.1 Å². The van der Waals surface area contributed by atoms with Gasteiger partial charge in [-0.2, -0.15) is 0 Å². The quantitative estimate of drug-likeness (QED) is 0.162. The maximum absolute atomic E-state index is 16.7. The number of hydrogen-bond acceptors (Lipinski definition) is 4. The van der Waals surface area contributed by atoms with Crippen molar-refractivity contribution in [2.45, 2.75) is 5.41 Å². The third-order valence-electron chi connectivity index (χ3n) is 12.5. The first kappa shape index (κ1) is 35.0. The first-order chi connectivity index (χ1) is 29.7. The Labute approximate surface area is 353 Å². The van der Waals surface area contributed by atoms with Gasteiger partial charge in [0.1, 0.15) is 0 Å². The molecule has 284 valence electrons. The van der Waals surface area contributed by atoms with E-state index in [2.05, 4.69) is 216 Å². The summed E-state index contributed by atoms with van der Waals surface area (Å²) in [6.45, 7) is 0. The lowest BCUT2D eigenvalue weighted by Gasteiger charge is -2.50. The van der Waals surface area contributed by atoms with Gasteiger partial charge < -0.3 is 14.4 Å². The van der Waals surface area contributed by atoms with Gasteiger partial charge in [0.25, 0.3) is 0 Å². The fourth-order valence-corrected chi connectivity index (χ4v) is 14.4. The highest BCUT2D eigenvalue weighted by molar-refractivity contribution is 7.85. The largest absolute Gasteiger partial charge is 0.310 e. The summed E-state index contributed by atoms with van der Waals surface area (Å²) in [5, 5.41) is 5.04. The summed E-state index contributed by atoms with van der Waals surface area (Å²) < 4.78 is 19.1. The van der Waals surface area contributed by atoms with Gasteiger partial charge >= 0.3 is 0 Å². The van der Waals surface area contributed by atoms with E-state index in [4.69, 9.17) is 0 Å². The predicted molar refractivity (Wildman–Crippen MR) is 254 cm³/mol. The van der Waals surface area contributed by atoms with Gasteiger partial charge in [0.2, 0.25) is 0 Å². The average Bonchev–Trinajstić information content (AvgIpc) is 3.69. The molecule has 9 aromatic carbocycles. The van der Waals surface area contributed by atoms with Crippen LogP contribution in [-0.2, 0) is 9.98 Å². The van der Waals surface area contributed by atoms with E-state index in [0.29, 0.717) is 0 Å². The lowest BCUT2D eigenvalue weighted by molar-refractivity contribution is 0.590. The highest BCUT2D eigenvalue weighted by Gasteiger charge is 2.55. The van der Waals surface area contributed by atoms with Crippen molar-refractivity contribution < 1.29 is 4.57 Å². The Morgan fingerprint density at radius 2 is 1.00 bits per heavy atom. The van der Waals surface area contributed by atoms with Crippen LogP contribution in [0.5, 0.6) is 0 Å².